The summed E-state index contributed by atoms with van der Waals surface area (Å²) in [4.78, 5) is 2.59. The van der Waals surface area contributed by atoms with Gasteiger partial charge in [0.25, 0.3) is 0 Å². The Kier molecular flexibility index (Phi) is 4.69. The van der Waals surface area contributed by atoms with Crippen LogP contribution in [-0.2, 0) is 0 Å². The number of nitrogens with zero attached hydrogens (tertiary/aromatic N) is 1. The van der Waals surface area contributed by atoms with Crippen LogP contribution in [0.5, 0.6) is 0 Å². The molecule has 0 atom stereocenters. The third-order valence-corrected chi connectivity index (χ3v) is 4.26. The van der Waals surface area contributed by atoms with Crippen LogP contribution in [-0.4, -0.2) is 31.1 Å². The molecule has 1 fully saturated rings. The molecule has 1 aliphatic heterocycles. The first kappa shape index (κ1) is 14.3. The topological polar surface area (TPSA) is 15.3 Å². The van der Waals surface area contributed by atoms with Crippen LogP contribution in [0.3, 0.4) is 0 Å². The molecule has 2 nitrogen and oxygen atoms in total. The highest BCUT2D eigenvalue weighted by Gasteiger charge is 2.33. The second kappa shape index (κ2) is 6.88. The van der Waals surface area contributed by atoms with Crippen molar-refractivity contribution in [1.82, 2.24) is 10.2 Å². The summed E-state index contributed by atoms with van der Waals surface area (Å²) in [6.07, 6.45) is 0. The van der Waals surface area contributed by atoms with Gasteiger partial charge in [0.1, 0.15) is 0 Å². The van der Waals surface area contributed by atoms with E-state index >= 15 is 0 Å². The summed E-state index contributed by atoms with van der Waals surface area (Å²) in [7, 11) is 0. The quantitative estimate of drug-likeness (QED) is 0.873. The molecule has 0 unspecified atom stereocenters. The summed E-state index contributed by atoms with van der Waals surface area (Å²) in [5, 5.41) is 3.46. The second-order valence-corrected chi connectivity index (χ2v) is 5.85. The molecule has 2 heteroatoms. The Morgan fingerprint density at radius 2 is 1.48 bits per heavy atom. The van der Waals surface area contributed by atoms with Gasteiger partial charge < -0.3 is 5.32 Å². The smallest absolute Gasteiger partial charge is 0.0602 e. The van der Waals surface area contributed by atoms with Crippen LogP contribution in [0.25, 0.3) is 0 Å². The van der Waals surface area contributed by atoms with E-state index in [2.05, 4.69) is 77.8 Å². The lowest BCUT2D eigenvalue weighted by molar-refractivity contribution is 0.0687. The van der Waals surface area contributed by atoms with Gasteiger partial charge >= 0.3 is 0 Å². The lowest BCUT2D eigenvalue weighted by Gasteiger charge is -2.45. The van der Waals surface area contributed by atoms with Gasteiger partial charge in [-0.3, -0.25) is 4.90 Å². The lowest BCUT2D eigenvalue weighted by Crippen LogP contribution is -2.52. The van der Waals surface area contributed by atoms with Crippen LogP contribution in [0.4, 0.5) is 0 Å². The van der Waals surface area contributed by atoms with Crippen molar-refractivity contribution in [3.8, 4) is 0 Å². The lowest BCUT2D eigenvalue weighted by atomic mass is 9.90. The predicted octanol–water partition coefficient (Wildman–Crippen LogP) is 3.32. The van der Waals surface area contributed by atoms with Gasteiger partial charge in [0, 0.05) is 19.6 Å². The first-order chi connectivity index (χ1) is 10.4. The maximum absolute atomic E-state index is 3.46. The highest BCUT2D eigenvalue weighted by molar-refractivity contribution is 5.32. The SMILES string of the molecule is CCNCC1CN(C(c2ccccc2)c2ccccc2)C1. The molecule has 21 heavy (non-hydrogen) atoms. The van der Waals surface area contributed by atoms with E-state index in [-0.39, 0.29) is 0 Å². The number of rotatable bonds is 6. The molecule has 1 saturated heterocycles. The number of benzene rings is 2. The van der Waals surface area contributed by atoms with E-state index in [0.29, 0.717) is 6.04 Å². The van der Waals surface area contributed by atoms with Crippen molar-refractivity contribution in [1.29, 1.82) is 0 Å². The maximum Gasteiger partial charge on any atom is 0.0602 e. The minimum Gasteiger partial charge on any atom is -0.317 e. The summed E-state index contributed by atoms with van der Waals surface area (Å²) < 4.78 is 0. The van der Waals surface area contributed by atoms with E-state index < -0.39 is 0 Å². The Bertz CT molecular complexity index is 493. The number of likely N-dealkylation sites (tertiary alicyclic amines) is 1. The first-order valence-corrected chi connectivity index (χ1v) is 7.93. The van der Waals surface area contributed by atoms with E-state index in [4.69, 9.17) is 0 Å². The third kappa shape index (κ3) is 3.34. The molecule has 1 aliphatic rings. The second-order valence-electron chi connectivity index (χ2n) is 5.85. The standard InChI is InChI=1S/C19H24N2/c1-2-20-13-16-14-21(15-16)19(17-9-5-3-6-10-17)18-11-7-4-8-12-18/h3-12,16,19-20H,2,13-15H2,1H3. The van der Waals surface area contributed by atoms with E-state index in [1.807, 2.05) is 0 Å². The van der Waals surface area contributed by atoms with Crippen molar-refractivity contribution in [3.63, 3.8) is 0 Å². The Balaban J connectivity index is 1.76. The predicted molar refractivity (Wildman–Crippen MR) is 88.3 cm³/mol. The molecule has 3 rings (SSSR count). The van der Waals surface area contributed by atoms with Gasteiger partial charge in [0.2, 0.25) is 0 Å². The summed E-state index contributed by atoms with van der Waals surface area (Å²) in [6.45, 7) is 6.75. The monoisotopic (exact) mass is 280 g/mol. The van der Waals surface area contributed by atoms with Crippen LogP contribution in [0.15, 0.2) is 60.7 Å². The molecule has 0 aliphatic carbocycles. The van der Waals surface area contributed by atoms with Crippen molar-refractivity contribution in [2.24, 2.45) is 5.92 Å². The van der Waals surface area contributed by atoms with Crippen LogP contribution in [0, 0.1) is 5.92 Å². The third-order valence-electron chi connectivity index (χ3n) is 4.26. The van der Waals surface area contributed by atoms with Crippen molar-refractivity contribution in [2.45, 2.75) is 13.0 Å². The van der Waals surface area contributed by atoms with Gasteiger partial charge in [0.05, 0.1) is 6.04 Å². The van der Waals surface area contributed by atoms with E-state index in [1.165, 1.54) is 24.2 Å². The molecule has 0 amide bonds. The molecule has 2 aromatic carbocycles. The molecule has 110 valence electrons. The van der Waals surface area contributed by atoms with Crippen LogP contribution >= 0.6 is 0 Å². The van der Waals surface area contributed by atoms with E-state index in [1.54, 1.807) is 0 Å². The van der Waals surface area contributed by atoms with E-state index in [9.17, 15) is 0 Å². The summed E-state index contributed by atoms with van der Waals surface area (Å²) in [5.41, 5.74) is 2.79. The van der Waals surface area contributed by atoms with Gasteiger partial charge in [0.15, 0.2) is 0 Å². The zero-order chi connectivity index (χ0) is 14.5. The fourth-order valence-electron chi connectivity index (χ4n) is 3.18. The van der Waals surface area contributed by atoms with Crippen molar-refractivity contribution < 1.29 is 0 Å². The molecule has 1 heterocycles. The normalized spacial score (nSPS) is 16.1. The highest BCUT2D eigenvalue weighted by Crippen LogP contribution is 2.33. The summed E-state index contributed by atoms with van der Waals surface area (Å²) in [5.74, 6) is 0.792. The average Bonchev–Trinajstić information content (AvgIpc) is 2.51. The zero-order valence-corrected chi connectivity index (χ0v) is 12.7. The minimum absolute atomic E-state index is 0.394. The number of hydrogen-bond donors (Lipinski definition) is 1. The summed E-state index contributed by atoms with van der Waals surface area (Å²) >= 11 is 0. The van der Waals surface area contributed by atoms with Gasteiger partial charge in [-0.1, -0.05) is 67.6 Å². The van der Waals surface area contributed by atoms with Gasteiger partial charge in [-0.05, 0) is 23.6 Å². The minimum atomic E-state index is 0.394. The Morgan fingerprint density at radius 1 is 0.952 bits per heavy atom. The molecule has 2 aromatic rings. The summed E-state index contributed by atoms with van der Waals surface area (Å²) in [6, 6.07) is 22.1. The fraction of sp³-hybridized carbons (Fsp3) is 0.368. The molecule has 0 aromatic heterocycles. The first-order valence-electron chi connectivity index (χ1n) is 7.93. The van der Waals surface area contributed by atoms with Crippen molar-refractivity contribution in [3.05, 3.63) is 71.8 Å². The Morgan fingerprint density at radius 3 is 1.95 bits per heavy atom. The van der Waals surface area contributed by atoms with Crippen LogP contribution in [0.1, 0.15) is 24.1 Å². The van der Waals surface area contributed by atoms with Gasteiger partial charge in [-0.25, -0.2) is 0 Å². The average molecular weight is 280 g/mol. The molecule has 0 bridgehead atoms. The van der Waals surface area contributed by atoms with Crippen LogP contribution < -0.4 is 5.32 Å². The Labute approximate surface area is 127 Å². The molecule has 0 radical (unpaired) electrons. The van der Waals surface area contributed by atoms with Gasteiger partial charge in [-0.15, -0.1) is 0 Å². The molecular formula is C19H24N2. The molecule has 1 N–H and O–H groups in total. The van der Waals surface area contributed by atoms with Crippen molar-refractivity contribution in [2.75, 3.05) is 26.2 Å². The number of nitrogens with one attached hydrogen (secondary N) is 1. The molecule has 0 saturated carbocycles. The Hall–Kier alpha value is -1.64. The maximum atomic E-state index is 3.46. The number of hydrogen-bond acceptors (Lipinski definition) is 2. The van der Waals surface area contributed by atoms with E-state index in [0.717, 1.165) is 19.0 Å². The van der Waals surface area contributed by atoms with Crippen LogP contribution in [0.2, 0.25) is 0 Å². The zero-order valence-electron chi connectivity index (χ0n) is 12.7. The molecular weight excluding hydrogens is 256 g/mol. The molecule has 0 spiro atoms. The highest BCUT2D eigenvalue weighted by atomic mass is 15.2. The largest absolute Gasteiger partial charge is 0.317 e. The van der Waals surface area contributed by atoms with Crippen molar-refractivity contribution >= 4 is 0 Å². The fourth-order valence-corrected chi connectivity index (χ4v) is 3.18. The van der Waals surface area contributed by atoms with Gasteiger partial charge in [-0.2, -0.15) is 0 Å².